The van der Waals surface area contributed by atoms with Crippen molar-refractivity contribution in [2.45, 2.75) is 109 Å². The summed E-state index contributed by atoms with van der Waals surface area (Å²) < 4.78 is 24.2. The Morgan fingerprint density at radius 3 is 2.48 bits per heavy atom. The van der Waals surface area contributed by atoms with Crippen LogP contribution in [0.15, 0.2) is 36.2 Å². The molecule has 16 nitrogen and oxygen atoms in total. The summed E-state index contributed by atoms with van der Waals surface area (Å²) in [6.45, 7) is 18.7. The Labute approximate surface area is 391 Å². The van der Waals surface area contributed by atoms with E-state index in [4.69, 9.17) is 35.5 Å². The topological polar surface area (TPSA) is 176 Å². The molecular weight excluding hydrogens is 872 g/mol. The summed E-state index contributed by atoms with van der Waals surface area (Å²) in [6.07, 6.45) is 5.27. The molecule has 3 aliphatic heterocycles. The summed E-state index contributed by atoms with van der Waals surface area (Å²) in [5.74, 6) is 0.309. The highest BCUT2D eigenvalue weighted by Crippen LogP contribution is 2.53. The highest BCUT2D eigenvalue weighted by Gasteiger charge is 2.62. The minimum atomic E-state index is -1.30. The largest absolute Gasteiger partial charge is 0.491 e. The van der Waals surface area contributed by atoms with Crippen molar-refractivity contribution in [3.05, 3.63) is 52.5 Å². The molecule has 6 aliphatic rings. The van der Waals surface area contributed by atoms with Gasteiger partial charge in [-0.05, 0) is 82.0 Å². The number of likely N-dealkylation sites (N-methyl/N-ethyl adjacent to an activating group) is 1. The monoisotopic (exact) mass is 936 g/mol. The molecule has 1 aromatic carbocycles. The lowest BCUT2D eigenvalue weighted by Gasteiger charge is -2.35. The molecular formula is C47H65ClN8O8S. The number of amides is 3. The quantitative estimate of drug-likeness (QED) is 0.116. The van der Waals surface area contributed by atoms with Gasteiger partial charge >= 0.3 is 12.1 Å². The molecule has 65 heavy (non-hydrogen) atoms. The first-order chi connectivity index (χ1) is 31.0. The van der Waals surface area contributed by atoms with Crippen molar-refractivity contribution in [2.24, 2.45) is 23.2 Å². The van der Waals surface area contributed by atoms with Crippen molar-refractivity contribution in [3.8, 4) is 5.75 Å². The Balaban J connectivity index is 1.07. The molecule has 3 amide bonds. The van der Waals surface area contributed by atoms with Crippen molar-refractivity contribution in [3.63, 3.8) is 0 Å². The van der Waals surface area contributed by atoms with Crippen LogP contribution in [0.3, 0.4) is 0 Å². The number of alkyl carbamates (subject to hydrolysis) is 1. The Hall–Kier alpha value is -4.58. The number of aromatic nitrogens is 1. The number of benzene rings is 1. The van der Waals surface area contributed by atoms with Crippen LogP contribution in [0.4, 0.5) is 15.6 Å². The zero-order valence-corrected chi connectivity index (χ0v) is 40.2. The van der Waals surface area contributed by atoms with Crippen LogP contribution in [0.1, 0.15) is 84.0 Å². The first-order valence-corrected chi connectivity index (χ1v) is 24.3. The van der Waals surface area contributed by atoms with E-state index in [1.807, 2.05) is 44.4 Å². The van der Waals surface area contributed by atoms with Crippen molar-refractivity contribution >= 4 is 63.4 Å². The van der Waals surface area contributed by atoms with Crippen LogP contribution in [0.25, 0.3) is 5.76 Å². The summed E-state index contributed by atoms with van der Waals surface area (Å²) in [7, 11) is 3.41. The number of anilines is 2. The summed E-state index contributed by atoms with van der Waals surface area (Å²) in [5, 5.41) is 15.9. The number of ether oxygens (including phenoxy) is 4. The van der Waals surface area contributed by atoms with Gasteiger partial charge in [-0.2, -0.15) is 0 Å². The second kappa shape index (κ2) is 19.0. The average Bonchev–Trinajstić information content (AvgIpc) is 3.92. The molecule has 9 atom stereocenters. The van der Waals surface area contributed by atoms with E-state index in [1.165, 1.54) is 29.8 Å². The molecule has 4 heterocycles. The van der Waals surface area contributed by atoms with Gasteiger partial charge in [0.25, 0.3) is 0 Å². The number of piperazine rings is 1. The second-order valence-corrected chi connectivity index (χ2v) is 21.2. The maximum atomic E-state index is 14.9. The van der Waals surface area contributed by atoms with E-state index < -0.39 is 59.1 Å². The van der Waals surface area contributed by atoms with Crippen LogP contribution in [0.5, 0.6) is 5.75 Å². The number of methoxy groups -OCH3 is 1. The summed E-state index contributed by atoms with van der Waals surface area (Å²) >= 11 is 8.70. The molecule has 3 unspecified atom stereocenters. The minimum absolute atomic E-state index is 0.00741. The predicted molar refractivity (Wildman–Crippen MR) is 250 cm³/mol. The van der Waals surface area contributed by atoms with Gasteiger partial charge in [0.15, 0.2) is 5.13 Å². The Morgan fingerprint density at radius 2 is 1.82 bits per heavy atom. The van der Waals surface area contributed by atoms with E-state index in [0.717, 1.165) is 56.4 Å². The molecule has 5 fully saturated rings. The number of esters is 1. The fourth-order valence-electron chi connectivity index (χ4n) is 9.73. The van der Waals surface area contributed by atoms with Gasteiger partial charge in [-0.25, -0.2) is 14.6 Å². The minimum Gasteiger partial charge on any atom is -0.491 e. The lowest BCUT2D eigenvalue weighted by atomic mass is 9.85. The number of rotatable bonds is 16. The van der Waals surface area contributed by atoms with Crippen molar-refractivity contribution in [2.75, 3.05) is 70.7 Å². The van der Waals surface area contributed by atoms with Crippen molar-refractivity contribution < 1.29 is 38.1 Å². The first kappa shape index (κ1) is 46.9. The Kier molecular flexibility index (Phi) is 13.7. The molecule has 3 saturated carbocycles. The zero-order valence-electron chi connectivity index (χ0n) is 38.6. The van der Waals surface area contributed by atoms with Gasteiger partial charge < -0.3 is 50.0 Å². The maximum Gasteiger partial charge on any atom is 0.408 e. The van der Waals surface area contributed by atoms with Crippen molar-refractivity contribution in [1.82, 2.24) is 30.3 Å². The number of hydrogen-bond acceptors (Lipinski definition) is 14. The van der Waals surface area contributed by atoms with E-state index in [2.05, 4.69) is 58.5 Å². The Morgan fingerprint density at radius 1 is 1.08 bits per heavy atom. The van der Waals surface area contributed by atoms with Crippen LogP contribution in [-0.4, -0.2) is 139 Å². The Bertz CT molecular complexity index is 2160. The molecule has 18 heteroatoms. The summed E-state index contributed by atoms with van der Waals surface area (Å²) in [5.41, 5.74) is -0.0317. The molecule has 354 valence electrons. The SMILES string of the molecule is C=C[C@@H]1CC1(NC(=O)[C@@H]1C[C@@H](OC2=CC(c3csc(NC(C)C)n3)Nc3c2ccc(OCCN2CCN(C)CC2)c3Cl)CN1C(=O)[C@@H](NC(=O)OC1C[C@@H]2C[C@@H]2C1)C(C)(C)C)C(=O)OC. The number of carbonyl (C=O) groups excluding carboxylic acids is 4. The van der Waals surface area contributed by atoms with E-state index in [-0.39, 0.29) is 31.0 Å². The molecule has 2 aromatic rings. The maximum absolute atomic E-state index is 14.9. The van der Waals surface area contributed by atoms with Crippen molar-refractivity contribution in [1.29, 1.82) is 0 Å². The standard InChI is InChI=1S/C47H65ClN8O8S/c1-9-29-23-47(29,43(59)61-8)53-41(57)35-21-31(24-56(35)42(58)40(46(4,5)6)52-45(60)64-30-19-27-18-28(27)20-30)63-37-22-33(34-25-65-44(51-34)49-26(2)3)50-39-32(37)10-11-36(38(39)48)62-17-16-55-14-12-54(7)13-15-55/h9-11,22,25-31,33,35,40,50H,1,12-21,23-24H2,2-8H3,(H,49,51)(H,52,60)(H,53,57)/t27-,28+,29-,30?,31-,33?,35+,40-,47?/m1/s1. The van der Waals surface area contributed by atoms with Gasteiger partial charge in [0.05, 0.1) is 31.1 Å². The highest BCUT2D eigenvalue weighted by atomic mass is 35.5. The van der Waals surface area contributed by atoms with Gasteiger partial charge in [-0.1, -0.05) is 38.4 Å². The van der Waals surface area contributed by atoms with Gasteiger partial charge in [-0.3, -0.25) is 14.5 Å². The summed E-state index contributed by atoms with van der Waals surface area (Å²) in [4.78, 5) is 67.0. The molecule has 4 N–H and O–H groups in total. The molecule has 0 bridgehead atoms. The number of fused-ring (bicyclic) bond motifs is 2. The first-order valence-electron chi connectivity index (χ1n) is 23.0. The van der Waals surface area contributed by atoms with Crippen LogP contribution in [-0.2, 0) is 28.6 Å². The number of nitrogens with one attached hydrogen (secondary N) is 4. The van der Waals surface area contributed by atoms with Crippen LogP contribution in [0.2, 0.25) is 5.02 Å². The predicted octanol–water partition coefficient (Wildman–Crippen LogP) is 5.91. The fraction of sp³-hybridized carbons (Fsp3) is 0.638. The third-order valence-corrected chi connectivity index (χ3v) is 14.9. The second-order valence-electron chi connectivity index (χ2n) is 20.0. The summed E-state index contributed by atoms with van der Waals surface area (Å²) in [6, 6.07) is 1.35. The smallest absolute Gasteiger partial charge is 0.408 e. The van der Waals surface area contributed by atoms with Gasteiger partial charge in [0.2, 0.25) is 11.8 Å². The van der Waals surface area contributed by atoms with Gasteiger partial charge in [-0.15, -0.1) is 17.9 Å². The van der Waals surface area contributed by atoms with E-state index >= 15 is 0 Å². The number of likely N-dealkylation sites (tertiary alicyclic amines) is 1. The van der Waals surface area contributed by atoms with Gasteiger partial charge in [0, 0.05) is 62.0 Å². The average molecular weight is 938 g/mol. The van der Waals surface area contributed by atoms with Crippen LogP contribution in [0, 0.1) is 23.2 Å². The van der Waals surface area contributed by atoms with E-state index in [9.17, 15) is 19.2 Å². The lowest BCUT2D eigenvalue weighted by Crippen LogP contribution is -2.59. The number of thiazole rings is 1. The molecule has 0 spiro atoms. The molecule has 2 saturated heterocycles. The normalized spacial score (nSPS) is 28.8. The number of hydrogen-bond donors (Lipinski definition) is 4. The number of carbonyl (C=O) groups is 4. The number of nitrogens with zero attached hydrogens (tertiary/aromatic N) is 4. The zero-order chi connectivity index (χ0) is 46.4. The highest BCUT2D eigenvalue weighted by molar-refractivity contribution is 7.13. The van der Waals surface area contributed by atoms with Gasteiger partial charge in [0.1, 0.15) is 53.0 Å². The van der Waals surface area contributed by atoms with Crippen LogP contribution >= 0.6 is 22.9 Å². The lowest BCUT2D eigenvalue weighted by molar-refractivity contribution is -0.148. The molecule has 1 aromatic heterocycles. The molecule has 0 radical (unpaired) electrons. The third-order valence-electron chi connectivity index (χ3n) is 13.7. The fourth-order valence-corrected chi connectivity index (χ4v) is 10.9. The molecule has 3 aliphatic carbocycles. The third kappa shape index (κ3) is 10.4. The van der Waals surface area contributed by atoms with Crippen LogP contribution < -0.4 is 26.0 Å². The molecule has 8 rings (SSSR count). The van der Waals surface area contributed by atoms with E-state index in [1.54, 1.807) is 6.08 Å². The number of halogens is 1. The van der Waals surface area contributed by atoms with E-state index in [0.29, 0.717) is 52.6 Å².